The number of aryl methyl sites for hydroxylation is 1. The van der Waals surface area contributed by atoms with Gasteiger partial charge in [-0.1, -0.05) is 24.3 Å². The molecule has 0 radical (unpaired) electrons. The van der Waals surface area contributed by atoms with Crippen molar-refractivity contribution in [1.82, 2.24) is 25.1 Å². The summed E-state index contributed by atoms with van der Waals surface area (Å²) in [6, 6.07) is 11.6. The van der Waals surface area contributed by atoms with Crippen molar-refractivity contribution in [2.75, 3.05) is 5.43 Å². The molecule has 0 aliphatic rings. The molecule has 0 aliphatic carbocycles. The summed E-state index contributed by atoms with van der Waals surface area (Å²) in [6.07, 6.45) is 3.31. The molecule has 0 unspecified atom stereocenters. The second kappa shape index (κ2) is 5.45. The summed E-state index contributed by atoms with van der Waals surface area (Å²) in [5, 5.41) is 13.4. The van der Waals surface area contributed by atoms with Gasteiger partial charge in [0.2, 0.25) is 0 Å². The summed E-state index contributed by atoms with van der Waals surface area (Å²) >= 11 is 0. The Morgan fingerprint density at radius 2 is 2.09 bits per heavy atom. The Balaban J connectivity index is 1.65. The molecule has 4 rings (SSSR count). The van der Waals surface area contributed by atoms with Crippen LogP contribution in [0.1, 0.15) is 11.3 Å². The first-order chi connectivity index (χ1) is 11.3. The van der Waals surface area contributed by atoms with E-state index >= 15 is 0 Å². The molecule has 0 atom stereocenters. The van der Waals surface area contributed by atoms with E-state index in [1.807, 2.05) is 43.3 Å². The molecular weight excluding hydrogens is 290 g/mol. The zero-order valence-corrected chi connectivity index (χ0v) is 12.4. The number of para-hydroxylation sites is 1. The SMILES string of the molecule is Cc1cccc2c1[nH]c1nc(NN=Cc3ccccn3)nnc12. The Bertz CT molecular complexity index is 1000. The topological polar surface area (TPSA) is 91.7 Å². The third-order valence-electron chi connectivity index (χ3n) is 3.51. The molecule has 4 aromatic rings. The fourth-order valence-corrected chi connectivity index (χ4v) is 2.40. The lowest BCUT2D eigenvalue weighted by molar-refractivity contribution is 1.01. The predicted octanol–water partition coefficient (Wildman–Crippen LogP) is 2.66. The van der Waals surface area contributed by atoms with Crippen LogP contribution < -0.4 is 5.43 Å². The molecule has 0 spiro atoms. The lowest BCUT2D eigenvalue weighted by atomic mass is 10.1. The number of H-pyrrole nitrogens is 1. The Kier molecular flexibility index (Phi) is 3.16. The number of hydrazone groups is 1. The van der Waals surface area contributed by atoms with Crippen LogP contribution in [0.2, 0.25) is 0 Å². The van der Waals surface area contributed by atoms with Crippen LogP contribution in [0.25, 0.3) is 22.1 Å². The van der Waals surface area contributed by atoms with Crippen LogP contribution in [0.5, 0.6) is 0 Å². The number of fused-ring (bicyclic) bond motifs is 3. The number of nitrogens with one attached hydrogen (secondary N) is 2. The molecule has 1 aromatic carbocycles. The fraction of sp³-hybridized carbons (Fsp3) is 0.0625. The van der Waals surface area contributed by atoms with E-state index in [4.69, 9.17) is 0 Å². The minimum absolute atomic E-state index is 0.328. The highest BCUT2D eigenvalue weighted by atomic mass is 15.4. The molecule has 0 aliphatic heterocycles. The zero-order chi connectivity index (χ0) is 15.6. The number of hydrogen-bond donors (Lipinski definition) is 2. The van der Waals surface area contributed by atoms with Crippen LogP contribution in [-0.4, -0.2) is 31.4 Å². The maximum atomic E-state index is 4.41. The van der Waals surface area contributed by atoms with E-state index in [1.54, 1.807) is 12.4 Å². The number of hydrogen-bond acceptors (Lipinski definition) is 6. The first-order valence-corrected chi connectivity index (χ1v) is 7.13. The van der Waals surface area contributed by atoms with E-state index in [2.05, 4.69) is 35.7 Å². The molecule has 0 bridgehead atoms. The van der Waals surface area contributed by atoms with Crippen LogP contribution >= 0.6 is 0 Å². The van der Waals surface area contributed by atoms with E-state index in [0.29, 0.717) is 11.6 Å². The molecule has 3 aromatic heterocycles. The molecule has 3 heterocycles. The van der Waals surface area contributed by atoms with Crippen molar-refractivity contribution >= 4 is 34.2 Å². The highest BCUT2D eigenvalue weighted by Crippen LogP contribution is 2.24. The van der Waals surface area contributed by atoms with E-state index in [0.717, 1.165) is 27.7 Å². The molecule has 0 amide bonds. The smallest absolute Gasteiger partial charge is 0.265 e. The third-order valence-corrected chi connectivity index (χ3v) is 3.51. The van der Waals surface area contributed by atoms with Gasteiger partial charge in [-0.2, -0.15) is 10.1 Å². The predicted molar refractivity (Wildman–Crippen MR) is 89.4 cm³/mol. The molecule has 0 saturated carbocycles. The summed E-state index contributed by atoms with van der Waals surface area (Å²) in [5.41, 5.74) is 7.12. The van der Waals surface area contributed by atoms with E-state index in [9.17, 15) is 0 Å². The summed E-state index contributed by atoms with van der Waals surface area (Å²) in [6.45, 7) is 2.04. The number of aromatic nitrogens is 5. The maximum Gasteiger partial charge on any atom is 0.265 e. The number of pyridine rings is 1. The Morgan fingerprint density at radius 3 is 2.96 bits per heavy atom. The number of benzene rings is 1. The number of aromatic amines is 1. The van der Waals surface area contributed by atoms with Crippen molar-refractivity contribution in [2.24, 2.45) is 5.10 Å². The highest BCUT2D eigenvalue weighted by Gasteiger charge is 2.09. The second-order valence-electron chi connectivity index (χ2n) is 5.08. The zero-order valence-electron chi connectivity index (χ0n) is 12.4. The molecule has 0 saturated heterocycles. The number of anilines is 1. The van der Waals surface area contributed by atoms with Gasteiger partial charge in [-0.15, -0.1) is 10.2 Å². The largest absolute Gasteiger partial charge is 0.337 e. The van der Waals surface area contributed by atoms with Crippen molar-refractivity contribution in [3.05, 3.63) is 53.9 Å². The quantitative estimate of drug-likeness (QED) is 0.448. The highest BCUT2D eigenvalue weighted by molar-refractivity contribution is 6.04. The standard InChI is InChI=1S/C16H13N7/c1-10-5-4-7-12-13(10)19-15-14(12)21-23-16(20-15)22-18-9-11-6-2-3-8-17-11/h2-9H,1H3,(H2,19,20,22,23). The second-order valence-corrected chi connectivity index (χ2v) is 5.08. The maximum absolute atomic E-state index is 4.41. The molecular formula is C16H13N7. The molecule has 112 valence electrons. The molecule has 0 fully saturated rings. The van der Waals surface area contributed by atoms with Gasteiger partial charge < -0.3 is 4.98 Å². The van der Waals surface area contributed by atoms with Gasteiger partial charge in [0.05, 0.1) is 17.4 Å². The molecule has 23 heavy (non-hydrogen) atoms. The van der Waals surface area contributed by atoms with Crippen LogP contribution in [0, 0.1) is 6.92 Å². The third kappa shape index (κ3) is 2.48. The first kappa shape index (κ1) is 13.3. The fourth-order valence-electron chi connectivity index (χ4n) is 2.40. The minimum atomic E-state index is 0.328. The Morgan fingerprint density at radius 1 is 1.13 bits per heavy atom. The van der Waals surface area contributed by atoms with Crippen molar-refractivity contribution in [3.8, 4) is 0 Å². The number of nitrogens with zero attached hydrogens (tertiary/aromatic N) is 5. The summed E-state index contributed by atoms with van der Waals surface area (Å²) in [4.78, 5) is 11.8. The lowest BCUT2D eigenvalue weighted by Crippen LogP contribution is -1.99. The monoisotopic (exact) mass is 303 g/mol. The van der Waals surface area contributed by atoms with E-state index in [1.165, 1.54) is 0 Å². The molecule has 7 heteroatoms. The van der Waals surface area contributed by atoms with Crippen LogP contribution in [0.4, 0.5) is 5.95 Å². The van der Waals surface area contributed by atoms with Gasteiger partial charge in [0.1, 0.15) is 5.52 Å². The summed E-state index contributed by atoms with van der Waals surface area (Å²) in [7, 11) is 0. The Labute approximate surface area is 131 Å². The lowest BCUT2D eigenvalue weighted by Gasteiger charge is -1.96. The van der Waals surface area contributed by atoms with Gasteiger partial charge in [-0.05, 0) is 24.6 Å². The van der Waals surface area contributed by atoms with Gasteiger partial charge in [0, 0.05) is 11.6 Å². The van der Waals surface area contributed by atoms with Crippen LogP contribution in [-0.2, 0) is 0 Å². The van der Waals surface area contributed by atoms with Crippen LogP contribution in [0.15, 0.2) is 47.7 Å². The molecule has 2 N–H and O–H groups in total. The average Bonchev–Trinajstić information content (AvgIpc) is 2.95. The summed E-state index contributed by atoms with van der Waals surface area (Å²) < 4.78 is 0. The normalized spacial score (nSPS) is 11.5. The van der Waals surface area contributed by atoms with Gasteiger partial charge in [0.15, 0.2) is 5.65 Å². The van der Waals surface area contributed by atoms with E-state index in [-0.39, 0.29) is 0 Å². The summed E-state index contributed by atoms with van der Waals surface area (Å²) in [5.74, 6) is 0.328. The minimum Gasteiger partial charge on any atom is -0.337 e. The first-order valence-electron chi connectivity index (χ1n) is 7.13. The Hall–Kier alpha value is -3.35. The average molecular weight is 303 g/mol. The van der Waals surface area contributed by atoms with Crippen molar-refractivity contribution < 1.29 is 0 Å². The van der Waals surface area contributed by atoms with E-state index < -0.39 is 0 Å². The van der Waals surface area contributed by atoms with Gasteiger partial charge in [-0.3, -0.25) is 4.98 Å². The van der Waals surface area contributed by atoms with Gasteiger partial charge >= 0.3 is 0 Å². The van der Waals surface area contributed by atoms with Crippen LogP contribution in [0.3, 0.4) is 0 Å². The van der Waals surface area contributed by atoms with Crippen molar-refractivity contribution in [3.63, 3.8) is 0 Å². The van der Waals surface area contributed by atoms with Crippen molar-refractivity contribution in [2.45, 2.75) is 6.92 Å². The van der Waals surface area contributed by atoms with Gasteiger partial charge in [-0.25, -0.2) is 5.43 Å². The van der Waals surface area contributed by atoms with Gasteiger partial charge in [0.25, 0.3) is 5.95 Å². The number of rotatable bonds is 3. The molecule has 7 nitrogen and oxygen atoms in total. The van der Waals surface area contributed by atoms with Crippen molar-refractivity contribution in [1.29, 1.82) is 0 Å².